The molecule has 0 amide bonds. The molecule has 1 aliphatic rings. The van der Waals surface area contributed by atoms with Crippen molar-refractivity contribution < 1.29 is 0 Å². The molecule has 3 aromatic rings. The molecule has 0 aliphatic heterocycles. The molecule has 0 saturated carbocycles. The predicted molar refractivity (Wildman–Crippen MR) is 93.0 cm³/mol. The molecule has 2 aromatic heterocycles. The van der Waals surface area contributed by atoms with Gasteiger partial charge in [-0.15, -0.1) is 11.3 Å². The number of hydrogen-bond acceptors (Lipinski definition) is 5. The van der Waals surface area contributed by atoms with Crippen LogP contribution in [-0.2, 0) is 12.8 Å². The minimum Gasteiger partial charge on any atom is -0.338 e. The number of thiophene rings is 1. The van der Waals surface area contributed by atoms with Crippen molar-refractivity contribution >= 4 is 33.1 Å². The first-order chi connectivity index (χ1) is 11.3. The topological polar surface area (TPSA) is 61.6 Å². The fourth-order valence-electron chi connectivity index (χ4n) is 3.19. The summed E-state index contributed by atoms with van der Waals surface area (Å²) in [7, 11) is 0. The third kappa shape index (κ3) is 2.45. The van der Waals surface area contributed by atoms with E-state index in [2.05, 4.69) is 28.3 Å². The lowest BCUT2D eigenvalue weighted by atomic mass is 9.89. The first kappa shape index (κ1) is 14.2. The van der Waals surface area contributed by atoms with Crippen LogP contribution in [0.3, 0.4) is 0 Å². The maximum atomic E-state index is 9.27. The van der Waals surface area contributed by atoms with Gasteiger partial charge in [0.25, 0.3) is 0 Å². The first-order valence-electron chi connectivity index (χ1n) is 7.77. The second-order valence-corrected chi connectivity index (χ2v) is 7.12. The Balaban J connectivity index is 1.83. The standard InChI is InChI=1S/C18H16N4S/c1-11-6-7-13-15(8-11)23-18-16(13)17(20-10-21-18)22-14-5-3-2-4-12(14)9-19/h2-5,10-11H,6-8H2,1H3,(H,20,21,22). The van der Waals surface area contributed by atoms with E-state index in [1.54, 1.807) is 17.7 Å². The lowest BCUT2D eigenvalue weighted by Gasteiger charge is -2.18. The molecule has 0 radical (unpaired) electrons. The summed E-state index contributed by atoms with van der Waals surface area (Å²) in [4.78, 5) is 11.4. The van der Waals surface area contributed by atoms with Crippen LogP contribution in [0.25, 0.3) is 10.2 Å². The zero-order chi connectivity index (χ0) is 15.8. The van der Waals surface area contributed by atoms with Gasteiger partial charge in [-0.1, -0.05) is 19.1 Å². The van der Waals surface area contributed by atoms with E-state index >= 15 is 0 Å². The number of hydrogen-bond donors (Lipinski definition) is 1. The van der Waals surface area contributed by atoms with Crippen molar-refractivity contribution in [1.29, 1.82) is 5.26 Å². The molecule has 0 spiro atoms. The molecule has 1 aromatic carbocycles. The average molecular weight is 320 g/mol. The van der Waals surface area contributed by atoms with Crippen molar-refractivity contribution in [2.75, 3.05) is 5.32 Å². The summed E-state index contributed by atoms with van der Waals surface area (Å²) in [5.74, 6) is 1.55. The van der Waals surface area contributed by atoms with Crippen LogP contribution in [0.15, 0.2) is 30.6 Å². The quantitative estimate of drug-likeness (QED) is 0.758. The summed E-state index contributed by atoms with van der Waals surface area (Å²) in [5, 5.41) is 13.7. The van der Waals surface area contributed by atoms with Gasteiger partial charge < -0.3 is 5.32 Å². The zero-order valence-electron chi connectivity index (χ0n) is 12.8. The highest BCUT2D eigenvalue weighted by atomic mass is 32.1. The van der Waals surface area contributed by atoms with E-state index in [0.29, 0.717) is 5.56 Å². The van der Waals surface area contributed by atoms with E-state index in [9.17, 15) is 5.26 Å². The number of benzene rings is 1. The molecule has 1 atom stereocenters. The van der Waals surface area contributed by atoms with Crippen molar-refractivity contribution in [3.8, 4) is 6.07 Å². The van der Waals surface area contributed by atoms with Gasteiger partial charge >= 0.3 is 0 Å². The van der Waals surface area contributed by atoms with Gasteiger partial charge in [0, 0.05) is 4.88 Å². The number of anilines is 2. The van der Waals surface area contributed by atoms with E-state index in [1.807, 2.05) is 24.3 Å². The van der Waals surface area contributed by atoms with Crippen LogP contribution in [0.1, 0.15) is 29.3 Å². The van der Waals surface area contributed by atoms with Crippen LogP contribution in [0, 0.1) is 17.2 Å². The Kier molecular flexibility index (Phi) is 3.47. The number of aryl methyl sites for hydroxylation is 1. The molecular weight excluding hydrogens is 304 g/mol. The van der Waals surface area contributed by atoms with Gasteiger partial charge in [0.15, 0.2) is 0 Å². The highest BCUT2D eigenvalue weighted by Crippen LogP contribution is 2.40. The molecule has 1 unspecified atom stereocenters. The molecule has 4 rings (SSSR count). The summed E-state index contributed by atoms with van der Waals surface area (Å²) in [6.07, 6.45) is 5.02. The summed E-state index contributed by atoms with van der Waals surface area (Å²) in [6, 6.07) is 9.73. The van der Waals surface area contributed by atoms with E-state index in [1.165, 1.54) is 16.9 Å². The van der Waals surface area contributed by atoms with E-state index in [4.69, 9.17) is 0 Å². The minimum atomic E-state index is 0.622. The SMILES string of the molecule is CC1CCc2c(sc3ncnc(Nc4ccccc4C#N)c23)C1. The van der Waals surface area contributed by atoms with Crippen LogP contribution < -0.4 is 5.32 Å². The van der Waals surface area contributed by atoms with Gasteiger partial charge in [0.2, 0.25) is 0 Å². The summed E-state index contributed by atoms with van der Waals surface area (Å²) >= 11 is 1.78. The molecule has 1 aliphatic carbocycles. The van der Waals surface area contributed by atoms with E-state index < -0.39 is 0 Å². The number of nitrogens with one attached hydrogen (secondary N) is 1. The second-order valence-electron chi connectivity index (χ2n) is 6.04. The Bertz CT molecular complexity index is 922. The van der Waals surface area contributed by atoms with Crippen molar-refractivity contribution in [3.63, 3.8) is 0 Å². The molecule has 5 heteroatoms. The fourth-order valence-corrected chi connectivity index (χ4v) is 4.54. The molecular formula is C18H16N4S. The third-order valence-corrected chi connectivity index (χ3v) is 5.55. The Morgan fingerprint density at radius 3 is 3.04 bits per heavy atom. The molecule has 0 bridgehead atoms. The van der Waals surface area contributed by atoms with Crippen molar-refractivity contribution in [1.82, 2.24) is 9.97 Å². The predicted octanol–water partition coefficient (Wildman–Crippen LogP) is 4.43. The Hall–Kier alpha value is -2.45. The van der Waals surface area contributed by atoms with Gasteiger partial charge in [0.05, 0.1) is 16.6 Å². The number of rotatable bonds is 2. The van der Waals surface area contributed by atoms with Crippen LogP contribution in [0.4, 0.5) is 11.5 Å². The van der Waals surface area contributed by atoms with Crippen molar-refractivity contribution in [2.45, 2.75) is 26.2 Å². The van der Waals surface area contributed by atoms with Crippen LogP contribution >= 0.6 is 11.3 Å². The minimum absolute atomic E-state index is 0.622. The lowest BCUT2D eigenvalue weighted by Crippen LogP contribution is -2.09. The smallest absolute Gasteiger partial charge is 0.142 e. The average Bonchev–Trinajstić information content (AvgIpc) is 2.93. The summed E-state index contributed by atoms with van der Waals surface area (Å²) < 4.78 is 0. The molecule has 0 saturated heterocycles. The summed E-state index contributed by atoms with van der Waals surface area (Å²) in [6.45, 7) is 2.31. The Morgan fingerprint density at radius 2 is 2.17 bits per heavy atom. The summed E-state index contributed by atoms with van der Waals surface area (Å²) in [5.41, 5.74) is 2.80. The van der Waals surface area contributed by atoms with Gasteiger partial charge in [0.1, 0.15) is 23.0 Å². The largest absolute Gasteiger partial charge is 0.338 e. The number of nitrogens with zero attached hydrogens (tertiary/aromatic N) is 3. The number of nitriles is 1. The van der Waals surface area contributed by atoms with Crippen LogP contribution in [0.2, 0.25) is 0 Å². The molecule has 23 heavy (non-hydrogen) atoms. The normalized spacial score (nSPS) is 16.8. The lowest BCUT2D eigenvalue weighted by molar-refractivity contribution is 0.509. The molecule has 2 heterocycles. The second kappa shape index (κ2) is 5.64. The van der Waals surface area contributed by atoms with E-state index in [-0.39, 0.29) is 0 Å². The van der Waals surface area contributed by atoms with E-state index in [0.717, 1.165) is 40.5 Å². The molecule has 1 N–H and O–H groups in total. The van der Waals surface area contributed by atoms with Crippen LogP contribution in [0.5, 0.6) is 0 Å². The molecule has 114 valence electrons. The Labute approximate surface area is 138 Å². The van der Waals surface area contributed by atoms with Gasteiger partial charge in [-0.05, 0) is 42.9 Å². The van der Waals surface area contributed by atoms with Crippen molar-refractivity contribution in [2.24, 2.45) is 5.92 Å². The number of para-hydroxylation sites is 1. The zero-order valence-corrected chi connectivity index (χ0v) is 13.7. The fraction of sp³-hybridized carbons (Fsp3) is 0.278. The number of aromatic nitrogens is 2. The van der Waals surface area contributed by atoms with Gasteiger partial charge in [-0.2, -0.15) is 5.26 Å². The first-order valence-corrected chi connectivity index (χ1v) is 8.59. The van der Waals surface area contributed by atoms with Gasteiger partial charge in [-0.3, -0.25) is 0 Å². The highest BCUT2D eigenvalue weighted by Gasteiger charge is 2.23. The van der Waals surface area contributed by atoms with Gasteiger partial charge in [-0.25, -0.2) is 9.97 Å². The maximum absolute atomic E-state index is 9.27. The maximum Gasteiger partial charge on any atom is 0.142 e. The number of fused-ring (bicyclic) bond motifs is 3. The molecule has 0 fully saturated rings. The Morgan fingerprint density at radius 1 is 1.30 bits per heavy atom. The van der Waals surface area contributed by atoms with Crippen LogP contribution in [-0.4, -0.2) is 9.97 Å². The van der Waals surface area contributed by atoms with Crippen molar-refractivity contribution in [3.05, 3.63) is 46.6 Å². The third-order valence-electron chi connectivity index (χ3n) is 4.39. The molecule has 4 nitrogen and oxygen atoms in total. The monoisotopic (exact) mass is 320 g/mol. The highest BCUT2D eigenvalue weighted by molar-refractivity contribution is 7.19.